The van der Waals surface area contributed by atoms with Crippen LogP contribution in [0.4, 0.5) is 0 Å². The van der Waals surface area contributed by atoms with Gasteiger partial charge in [-0.05, 0) is 12.1 Å². The Bertz CT molecular complexity index is 796. The summed E-state index contributed by atoms with van der Waals surface area (Å²) in [4.78, 5) is 29.8. The highest BCUT2D eigenvalue weighted by Gasteiger charge is 2.14. The molecule has 2 rings (SSSR count). The van der Waals surface area contributed by atoms with Crippen molar-refractivity contribution in [3.8, 4) is 17.3 Å². The summed E-state index contributed by atoms with van der Waals surface area (Å²) in [6, 6.07) is 8.45. The monoisotopic (exact) mass is 335 g/mol. The van der Waals surface area contributed by atoms with Crippen LogP contribution in [0, 0.1) is 11.3 Å². The lowest BCUT2D eigenvalue weighted by atomic mass is 10.1. The Hall–Kier alpha value is -2.30. The first-order valence-electron chi connectivity index (χ1n) is 6.05. The van der Waals surface area contributed by atoms with E-state index in [1.165, 1.54) is 7.11 Å². The van der Waals surface area contributed by atoms with Crippen molar-refractivity contribution < 1.29 is 9.53 Å². The average molecular weight is 336 g/mol. The van der Waals surface area contributed by atoms with Crippen molar-refractivity contribution in [2.24, 2.45) is 0 Å². The zero-order chi connectivity index (χ0) is 16.1. The number of nitriles is 1. The van der Waals surface area contributed by atoms with Crippen molar-refractivity contribution in [2.45, 2.75) is 5.16 Å². The molecule has 0 saturated heterocycles. The second-order valence-electron chi connectivity index (χ2n) is 4.08. The molecule has 0 fully saturated rings. The van der Waals surface area contributed by atoms with Gasteiger partial charge in [0.15, 0.2) is 5.16 Å². The maximum Gasteiger partial charge on any atom is 0.316 e. The molecule has 8 heteroatoms. The number of carbonyl (C=O) groups is 1. The predicted molar refractivity (Wildman–Crippen MR) is 82.8 cm³/mol. The summed E-state index contributed by atoms with van der Waals surface area (Å²) in [7, 11) is 1.27. The van der Waals surface area contributed by atoms with Crippen LogP contribution in [-0.4, -0.2) is 28.8 Å². The Balaban J connectivity index is 2.45. The number of carbonyl (C=O) groups excluding carboxylic acids is 1. The number of methoxy groups -OCH3 is 1. The van der Waals surface area contributed by atoms with Gasteiger partial charge in [0.1, 0.15) is 11.6 Å². The molecular weight excluding hydrogens is 326 g/mol. The van der Waals surface area contributed by atoms with E-state index in [0.29, 0.717) is 10.6 Å². The number of hydrogen-bond acceptors (Lipinski definition) is 6. The van der Waals surface area contributed by atoms with E-state index in [1.54, 1.807) is 24.3 Å². The van der Waals surface area contributed by atoms with Crippen LogP contribution in [0.3, 0.4) is 0 Å². The van der Waals surface area contributed by atoms with E-state index < -0.39 is 11.5 Å². The molecule has 0 amide bonds. The lowest BCUT2D eigenvalue weighted by Crippen LogP contribution is -2.15. The number of esters is 1. The van der Waals surface area contributed by atoms with Crippen LogP contribution in [-0.2, 0) is 9.53 Å². The Labute approximate surface area is 135 Å². The zero-order valence-corrected chi connectivity index (χ0v) is 13.0. The molecule has 0 aliphatic heterocycles. The fraction of sp³-hybridized carbons (Fsp3) is 0.143. The first-order valence-corrected chi connectivity index (χ1v) is 7.41. The maximum atomic E-state index is 12.0. The number of nitrogens with zero attached hydrogens (tertiary/aromatic N) is 2. The Morgan fingerprint density at radius 2 is 2.14 bits per heavy atom. The van der Waals surface area contributed by atoms with E-state index >= 15 is 0 Å². The van der Waals surface area contributed by atoms with Gasteiger partial charge in [-0.1, -0.05) is 35.5 Å². The molecule has 1 heterocycles. The zero-order valence-electron chi connectivity index (χ0n) is 11.4. The van der Waals surface area contributed by atoms with Gasteiger partial charge in [-0.3, -0.25) is 9.59 Å². The van der Waals surface area contributed by atoms with Gasteiger partial charge in [0.2, 0.25) is 0 Å². The highest BCUT2D eigenvalue weighted by atomic mass is 35.5. The summed E-state index contributed by atoms with van der Waals surface area (Å²) in [5, 5.41) is 9.92. The second-order valence-corrected chi connectivity index (χ2v) is 5.48. The van der Waals surface area contributed by atoms with Crippen molar-refractivity contribution in [1.29, 1.82) is 5.26 Å². The van der Waals surface area contributed by atoms with Crippen molar-refractivity contribution in [2.75, 3.05) is 12.9 Å². The number of thioether (sulfide) groups is 1. The van der Waals surface area contributed by atoms with Gasteiger partial charge >= 0.3 is 5.97 Å². The fourth-order valence-electron chi connectivity index (χ4n) is 1.63. The van der Waals surface area contributed by atoms with Gasteiger partial charge < -0.3 is 9.72 Å². The number of ether oxygens (including phenoxy) is 1. The minimum absolute atomic E-state index is 0.00536. The summed E-state index contributed by atoms with van der Waals surface area (Å²) in [6.45, 7) is 0. The summed E-state index contributed by atoms with van der Waals surface area (Å²) in [5.74, 6) is -0.434. The van der Waals surface area contributed by atoms with E-state index in [2.05, 4.69) is 14.7 Å². The molecule has 1 aromatic heterocycles. The normalized spacial score (nSPS) is 10.0. The topological polar surface area (TPSA) is 95.8 Å². The van der Waals surface area contributed by atoms with Crippen molar-refractivity contribution in [3.05, 3.63) is 45.2 Å². The fourth-order valence-corrected chi connectivity index (χ4v) is 2.45. The Kier molecular flexibility index (Phi) is 5.20. The number of aromatic amines is 1. The van der Waals surface area contributed by atoms with E-state index in [1.807, 2.05) is 6.07 Å². The van der Waals surface area contributed by atoms with Crippen LogP contribution in [0.25, 0.3) is 11.3 Å². The number of nitrogens with one attached hydrogen (secondary N) is 1. The van der Waals surface area contributed by atoms with E-state index in [-0.39, 0.29) is 22.2 Å². The van der Waals surface area contributed by atoms with Gasteiger partial charge in [0.05, 0.1) is 18.6 Å². The number of benzene rings is 1. The molecule has 0 bridgehead atoms. The van der Waals surface area contributed by atoms with Crippen molar-refractivity contribution in [1.82, 2.24) is 9.97 Å². The summed E-state index contributed by atoms with van der Waals surface area (Å²) in [6.07, 6.45) is 0. The van der Waals surface area contributed by atoms with E-state index in [0.717, 1.165) is 11.8 Å². The van der Waals surface area contributed by atoms with Crippen LogP contribution < -0.4 is 5.56 Å². The van der Waals surface area contributed by atoms with E-state index in [9.17, 15) is 9.59 Å². The maximum absolute atomic E-state index is 12.0. The third-order valence-electron chi connectivity index (χ3n) is 2.68. The second kappa shape index (κ2) is 7.11. The highest BCUT2D eigenvalue weighted by molar-refractivity contribution is 7.99. The standard InChI is InChI=1S/C14H10ClN3O3S/c1-21-11(19)7-22-14-17-12(10(6-16)13(20)18-14)8-2-4-9(15)5-3-8/h2-5H,7H2,1H3,(H,17,18,20). The largest absolute Gasteiger partial charge is 0.468 e. The summed E-state index contributed by atoms with van der Waals surface area (Å²) < 4.78 is 4.53. The molecular formula is C14H10ClN3O3S. The summed E-state index contributed by atoms with van der Waals surface area (Å²) in [5.41, 5.74) is 0.182. The SMILES string of the molecule is COC(=O)CSc1nc(-c2ccc(Cl)cc2)c(C#N)c(=O)[nH]1. The highest BCUT2D eigenvalue weighted by Crippen LogP contribution is 2.23. The van der Waals surface area contributed by atoms with Gasteiger partial charge in [-0.2, -0.15) is 5.26 Å². The molecule has 0 aliphatic carbocycles. The van der Waals surface area contributed by atoms with Gasteiger partial charge in [-0.15, -0.1) is 0 Å². The number of aromatic nitrogens is 2. The average Bonchev–Trinajstić information content (AvgIpc) is 2.52. The molecule has 0 radical (unpaired) electrons. The first-order chi connectivity index (χ1) is 10.5. The van der Waals surface area contributed by atoms with Crippen molar-refractivity contribution in [3.63, 3.8) is 0 Å². The number of rotatable bonds is 4. The van der Waals surface area contributed by atoms with Crippen LogP contribution >= 0.6 is 23.4 Å². The predicted octanol–water partition coefficient (Wildman–Crippen LogP) is 2.23. The third-order valence-corrected chi connectivity index (χ3v) is 3.78. The van der Waals surface area contributed by atoms with Gasteiger partial charge in [0, 0.05) is 10.6 Å². The lowest BCUT2D eigenvalue weighted by molar-refractivity contribution is -0.137. The Morgan fingerprint density at radius 1 is 1.45 bits per heavy atom. The molecule has 0 spiro atoms. The number of hydrogen-bond donors (Lipinski definition) is 1. The minimum Gasteiger partial charge on any atom is -0.468 e. The molecule has 22 heavy (non-hydrogen) atoms. The molecule has 0 aliphatic rings. The molecule has 1 aromatic carbocycles. The molecule has 2 aromatic rings. The minimum atomic E-state index is -0.560. The van der Waals surface area contributed by atoms with Crippen LogP contribution in [0.15, 0.2) is 34.2 Å². The quantitative estimate of drug-likeness (QED) is 0.523. The first kappa shape index (κ1) is 16.1. The molecule has 0 unspecified atom stereocenters. The summed E-state index contributed by atoms with van der Waals surface area (Å²) >= 11 is 6.85. The number of halogens is 1. The smallest absolute Gasteiger partial charge is 0.316 e. The number of H-pyrrole nitrogens is 1. The van der Waals surface area contributed by atoms with Crippen LogP contribution in [0.1, 0.15) is 5.56 Å². The molecule has 0 atom stereocenters. The lowest BCUT2D eigenvalue weighted by Gasteiger charge is -2.06. The van der Waals surface area contributed by atoms with E-state index in [4.69, 9.17) is 16.9 Å². The van der Waals surface area contributed by atoms with Crippen LogP contribution in [0.2, 0.25) is 5.02 Å². The Morgan fingerprint density at radius 3 is 2.73 bits per heavy atom. The molecule has 112 valence electrons. The molecule has 0 saturated carbocycles. The van der Waals surface area contributed by atoms with Gasteiger partial charge in [-0.25, -0.2) is 4.98 Å². The van der Waals surface area contributed by atoms with Gasteiger partial charge in [0.25, 0.3) is 5.56 Å². The molecule has 1 N–H and O–H groups in total. The molecule has 6 nitrogen and oxygen atoms in total. The third kappa shape index (κ3) is 3.67. The van der Waals surface area contributed by atoms with Crippen molar-refractivity contribution >= 4 is 29.3 Å². The van der Waals surface area contributed by atoms with Crippen LogP contribution in [0.5, 0.6) is 0 Å².